The Morgan fingerprint density at radius 2 is 1.00 bits per heavy atom. The summed E-state index contributed by atoms with van der Waals surface area (Å²) in [6.07, 6.45) is 7.72. The summed E-state index contributed by atoms with van der Waals surface area (Å²) in [7, 11) is 0. The molecule has 0 radical (unpaired) electrons. The topological polar surface area (TPSA) is 58.9 Å². The molecule has 0 aromatic carbocycles. The lowest BCUT2D eigenvalue weighted by atomic mass is 9.52. The summed E-state index contributed by atoms with van der Waals surface area (Å²) >= 11 is 0. The fourth-order valence-corrected chi connectivity index (χ4v) is 4.37. The standard InChI is InChI=1S/C12H14N2O2/c15-5-13-11-7-1-8-3-10(11)4-9(2-7)12(8)14-6-16/h7-12H,1-4H2. The number of aliphatic imine (C=N–C) groups is 2. The van der Waals surface area contributed by atoms with Crippen molar-refractivity contribution in [1.82, 2.24) is 0 Å². The molecular weight excluding hydrogens is 204 g/mol. The molecule has 4 saturated carbocycles. The number of carbonyl (C=O) groups excluding carboxylic acids is 2. The van der Waals surface area contributed by atoms with E-state index in [-0.39, 0.29) is 12.1 Å². The van der Waals surface area contributed by atoms with E-state index in [9.17, 15) is 9.59 Å². The van der Waals surface area contributed by atoms with Gasteiger partial charge in [0.2, 0.25) is 12.2 Å². The van der Waals surface area contributed by atoms with Crippen molar-refractivity contribution in [3.05, 3.63) is 0 Å². The number of isocyanates is 2. The van der Waals surface area contributed by atoms with Gasteiger partial charge in [-0.25, -0.2) is 19.6 Å². The van der Waals surface area contributed by atoms with E-state index in [0.717, 1.165) is 25.7 Å². The second-order valence-electron chi connectivity index (χ2n) is 5.41. The minimum atomic E-state index is 0.200. The van der Waals surface area contributed by atoms with E-state index in [2.05, 4.69) is 9.98 Å². The van der Waals surface area contributed by atoms with Gasteiger partial charge >= 0.3 is 0 Å². The minimum absolute atomic E-state index is 0.200. The molecule has 0 heterocycles. The number of hydrogen-bond donors (Lipinski definition) is 0. The summed E-state index contributed by atoms with van der Waals surface area (Å²) in [4.78, 5) is 28.8. The lowest BCUT2D eigenvalue weighted by Gasteiger charge is -2.54. The number of nitrogens with zero attached hydrogens (tertiary/aromatic N) is 2. The van der Waals surface area contributed by atoms with E-state index in [4.69, 9.17) is 0 Å². The molecule has 4 rings (SSSR count). The van der Waals surface area contributed by atoms with Crippen LogP contribution in [0.5, 0.6) is 0 Å². The molecule has 4 heteroatoms. The molecule has 84 valence electrons. The first-order valence-electron chi connectivity index (χ1n) is 5.97. The lowest BCUT2D eigenvalue weighted by Crippen LogP contribution is -2.53. The monoisotopic (exact) mass is 218 g/mol. The van der Waals surface area contributed by atoms with Crippen molar-refractivity contribution < 1.29 is 9.59 Å². The van der Waals surface area contributed by atoms with Gasteiger partial charge in [-0.05, 0) is 49.4 Å². The van der Waals surface area contributed by atoms with Crippen molar-refractivity contribution in [3.8, 4) is 0 Å². The zero-order chi connectivity index (χ0) is 11.1. The SMILES string of the molecule is O=C=NC1C2CC3CC1CC(C2)C3N=C=O. The van der Waals surface area contributed by atoms with Crippen LogP contribution in [0.25, 0.3) is 0 Å². The zero-order valence-corrected chi connectivity index (χ0v) is 9.00. The molecule has 4 aliphatic rings. The fourth-order valence-electron chi connectivity index (χ4n) is 4.37. The lowest BCUT2D eigenvalue weighted by molar-refractivity contribution is -0.0154. The first kappa shape index (κ1) is 9.95. The quantitative estimate of drug-likeness (QED) is 0.520. The van der Waals surface area contributed by atoms with Crippen LogP contribution in [-0.4, -0.2) is 24.2 Å². The second-order valence-corrected chi connectivity index (χ2v) is 5.41. The third-order valence-electron chi connectivity index (χ3n) is 4.76. The summed E-state index contributed by atoms with van der Waals surface area (Å²) in [6, 6.07) is 0.400. The molecule has 0 aromatic heterocycles. The van der Waals surface area contributed by atoms with Gasteiger partial charge < -0.3 is 0 Å². The van der Waals surface area contributed by atoms with Gasteiger partial charge in [-0.2, -0.15) is 0 Å². The summed E-state index contributed by atoms with van der Waals surface area (Å²) in [5.74, 6) is 2.12. The van der Waals surface area contributed by atoms with Crippen molar-refractivity contribution in [1.29, 1.82) is 0 Å². The third-order valence-corrected chi connectivity index (χ3v) is 4.76. The molecule has 4 nitrogen and oxygen atoms in total. The van der Waals surface area contributed by atoms with Gasteiger partial charge in [0.1, 0.15) is 0 Å². The van der Waals surface area contributed by atoms with E-state index in [1.54, 1.807) is 12.2 Å². The Morgan fingerprint density at radius 3 is 1.25 bits per heavy atom. The Kier molecular flexibility index (Phi) is 2.27. The molecule has 16 heavy (non-hydrogen) atoms. The first-order chi connectivity index (χ1) is 7.83. The summed E-state index contributed by atoms with van der Waals surface area (Å²) in [5.41, 5.74) is 0. The summed E-state index contributed by atoms with van der Waals surface area (Å²) in [5, 5.41) is 0. The average Bonchev–Trinajstić information content (AvgIpc) is 2.26. The predicted molar refractivity (Wildman–Crippen MR) is 56.2 cm³/mol. The molecule has 0 atom stereocenters. The van der Waals surface area contributed by atoms with Crippen LogP contribution in [0.2, 0.25) is 0 Å². The fraction of sp³-hybridized carbons (Fsp3) is 0.833. The van der Waals surface area contributed by atoms with Crippen molar-refractivity contribution in [2.24, 2.45) is 33.7 Å². The normalized spacial score (nSPS) is 48.2. The maximum atomic E-state index is 10.4. The van der Waals surface area contributed by atoms with E-state index in [1.807, 2.05) is 0 Å². The summed E-state index contributed by atoms with van der Waals surface area (Å²) < 4.78 is 0. The molecule has 4 fully saturated rings. The van der Waals surface area contributed by atoms with Gasteiger partial charge in [-0.1, -0.05) is 0 Å². The van der Waals surface area contributed by atoms with Crippen molar-refractivity contribution in [2.45, 2.75) is 37.8 Å². The maximum absolute atomic E-state index is 10.4. The average molecular weight is 218 g/mol. The number of hydrogen-bond acceptors (Lipinski definition) is 4. The molecule has 0 aliphatic heterocycles. The van der Waals surface area contributed by atoms with Gasteiger partial charge in [0, 0.05) is 0 Å². The molecule has 0 N–H and O–H groups in total. The van der Waals surface area contributed by atoms with Gasteiger partial charge in [0.15, 0.2) is 0 Å². The van der Waals surface area contributed by atoms with E-state index in [1.165, 1.54) is 0 Å². The van der Waals surface area contributed by atoms with E-state index >= 15 is 0 Å². The highest BCUT2D eigenvalue weighted by Crippen LogP contribution is 2.55. The van der Waals surface area contributed by atoms with Crippen molar-refractivity contribution in [2.75, 3.05) is 0 Å². The van der Waals surface area contributed by atoms with Gasteiger partial charge in [0.25, 0.3) is 0 Å². The molecule has 4 bridgehead atoms. The molecule has 0 unspecified atom stereocenters. The Labute approximate surface area is 93.8 Å². The Balaban J connectivity index is 1.86. The van der Waals surface area contributed by atoms with Crippen molar-refractivity contribution >= 4 is 12.2 Å². The highest BCUT2D eigenvalue weighted by Gasteiger charge is 2.53. The van der Waals surface area contributed by atoms with Crippen LogP contribution in [0.4, 0.5) is 0 Å². The Bertz CT molecular complexity index is 330. The molecule has 0 spiro atoms. The maximum Gasteiger partial charge on any atom is 0.235 e. The van der Waals surface area contributed by atoms with Crippen LogP contribution < -0.4 is 0 Å². The van der Waals surface area contributed by atoms with Gasteiger partial charge in [-0.15, -0.1) is 0 Å². The van der Waals surface area contributed by atoms with E-state index < -0.39 is 0 Å². The summed E-state index contributed by atoms with van der Waals surface area (Å²) in [6.45, 7) is 0. The van der Waals surface area contributed by atoms with Crippen LogP contribution in [0.15, 0.2) is 9.98 Å². The van der Waals surface area contributed by atoms with Crippen LogP contribution in [0, 0.1) is 23.7 Å². The Morgan fingerprint density at radius 1 is 0.688 bits per heavy atom. The third kappa shape index (κ3) is 1.31. The van der Waals surface area contributed by atoms with Crippen LogP contribution in [0.3, 0.4) is 0 Å². The van der Waals surface area contributed by atoms with Gasteiger partial charge in [-0.3, -0.25) is 0 Å². The molecular formula is C12H14N2O2. The van der Waals surface area contributed by atoms with Crippen LogP contribution in [-0.2, 0) is 9.59 Å². The highest BCUT2D eigenvalue weighted by molar-refractivity contribution is 5.35. The predicted octanol–water partition coefficient (Wildman–Crippen LogP) is 1.46. The zero-order valence-electron chi connectivity index (χ0n) is 9.00. The smallest absolute Gasteiger partial charge is 0.211 e. The van der Waals surface area contributed by atoms with E-state index in [0.29, 0.717) is 23.7 Å². The van der Waals surface area contributed by atoms with Crippen LogP contribution >= 0.6 is 0 Å². The Hall–Kier alpha value is -1.24. The molecule has 4 aliphatic carbocycles. The second kappa shape index (κ2) is 3.65. The van der Waals surface area contributed by atoms with Crippen molar-refractivity contribution in [3.63, 3.8) is 0 Å². The highest BCUT2D eigenvalue weighted by atomic mass is 16.1. The largest absolute Gasteiger partial charge is 0.235 e. The van der Waals surface area contributed by atoms with Crippen LogP contribution in [0.1, 0.15) is 25.7 Å². The number of rotatable bonds is 2. The molecule has 0 saturated heterocycles. The molecule has 0 amide bonds. The van der Waals surface area contributed by atoms with Gasteiger partial charge in [0.05, 0.1) is 12.1 Å². The molecule has 0 aromatic rings. The first-order valence-corrected chi connectivity index (χ1v) is 5.97. The minimum Gasteiger partial charge on any atom is -0.211 e.